The molecule has 44 heavy (non-hydrogen) atoms. The number of carbonyl (C=O) groups excluding carboxylic acids is 3. The van der Waals surface area contributed by atoms with Gasteiger partial charge in [0.05, 0.1) is 51.8 Å². The minimum absolute atomic E-state index is 0.00453. The van der Waals surface area contributed by atoms with Crippen LogP contribution in [0.25, 0.3) is 22.3 Å². The Kier molecular flexibility index (Phi) is 6.99. The van der Waals surface area contributed by atoms with Gasteiger partial charge >= 0.3 is 6.03 Å². The molecule has 2 saturated heterocycles. The maximum atomic E-state index is 12.9. The molecular formula is C29H29N9O5S. The molecule has 15 heteroatoms. The molecule has 226 valence electrons. The van der Waals surface area contributed by atoms with E-state index in [9.17, 15) is 22.8 Å². The van der Waals surface area contributed by atoms with Crippen molar-refractivity contribution in [3.05, 3.63) is 65.9 Å². The van der Waals surface area contributed by atoms with Crippen LogP contribution in [0.3, 0.4) is 0 Å². The molecule has 6 heterocycles. The molecule has 4 aromatic heterocycles. The van der Waals surface area contributed by atoms with Crippen molar-refractivity contribution < 1.29 is 22.8 Å². The van der Waals surface area contributed by atoms with E-state index in [0.29, 0.717) is 53.8 Å². The summed E-state index contributed by atoms with van der Waals surface area (Å²) >= 11 is 0. The second kappa shape index (κ2) is 10.6. The molecule has 0 aliphatic carbocycles. The van der Waals surface area contributed by atoms with Crippen molar-refractivity contribution in [3.63, 3.8) is 0 Å². The average Bonchev–Trinajstić information content (AvgIpc) is 3.53. The number of fused-ring (bicyclic) bond motifs is 1. The number of nitrogens with zero attached hydrogens (tertiary/aromatic N) is 8. The standard InChI is InChI=1S/C29H29N9O5S/c1-17-24(44(4,42)43)11-19(14-31-17)25(39)33-15-20-12-23-18(13-32-20)5-6-21(34-23)22-7-9-30-27(35-22)38-10-8-29(16-38)26(40)36(2)28(41)37(29)3/h5-7,9,11-14H,8,10,15-16H2,1-4H3,(H,33,39)/t29-/m0/s1. The zero-order chi connectivity index (χ0) is 31.4. The van der Waals surface area contributed by atoms with E-state index in [4.69, 9.17) is 9.97 Å². The van der Waals surface area contributed by atoms with Gasteiger partial charge in [-0.2, -0.15) is 0 Å². The number of carbonyl (C=O) groups is 3. The normalized spacial score (nSPS) is 18.6. The molecule has 0 radical (unpaired) electrons. The fourth-order valence-corrected chi connectivity index (χ4v) is 6.52. The van der Waals surface area contributed by atoms with Gasteiger partial charge in [-0.3, -0.25) is 24.5 Å². The first-order valence-electron chi connectivity index (χ1n) is 13.7. The third kappa shape index (κ3) is 4.98. The molecule has 0 unspecified atom stereocenters. The highest BCUT2D eigenvalue weighted by atomic mass is 32.2. The molecule has 4 aromatic rings. The Morgan fingerprint density at radius 2 is 1.80 bits per heavy atom. The Morgan fingerprint density at radius 1 is 1.02 bits per heavy atom. The van der Waals surface area contributed by atoms with Crippen LogP contribution < -0.4 is 10.2 Å². The average molecular weight is 616 g/mol. The predicted octanol–water partition coefficient (Wildman–Crippen LogP) is 1.60. The maximum Gasteiger partial charge on any atom is 0.327 e. The summed E-state index contributed by atoms with van der Waals surface area (Å²) in [5.41, 5.74) is 1.88. The van der Waals surface area contributed by atoms with E-state index in [1.165, 1.54) is 24.2 Å². The molecule has 1 spiro atoms. The van der Waals surface area contributed by atoms with Crippen LogP contribution in [0.2, 0.25) is 0 Å². The Labute approximate surface area is 253 Å². The van der Waals surface area contributed by atoms with Crippen molar-refractivity contribution >= 4 is 44.5 Å². The fraction of sp³-hybridized carbons (Fsp3) is 0.310. The molecule has 2 aliphatic heterocycles. The van der Waals surface area contributed by atoms with Gasteiger partial charge in [-0.05, 0) is 43.7 Å². The summed E-state index contributed by atoms with van der Waals surface area (Å²) in [5, 5.41) is 3.54. The summed E-state index contributed by atoms with van der Waals surface area (Å²) in [5.74, 6) is -0.272. The Morgan fingerprint density at radius 3 is 2.52 bits per heavy atom. The highest BCUT2D eigenvalue weighted by Gasteiger charge is 2.58. The van der Waals surface area contributed by atoms with E-state index in [1.54, 1.807) is 38.5 Å². The van der Waals surface area contributed by atoms with Gasteiger partial charge in [0.1, 0.15) is 5.54 Å². The number of hydrogen-bond acceptors (Lipinski definition) is 11. The van der Waals surface area contributed by atoms with E-state index in [2.05, 4.69) is 20.3 Å². The van der Waals surface area contributed by atoms with Crippen LogP contribution in [0.5, 0.6) is 0 Å². The SMILES string of the molecule is Cc1ncc(C(=O)NCc2cc3nc(-c4ccnc(N5CC[C@]6(C5)C(=O)N(C)C(=O)N6C)n4)ccc3cn2)cc1S(C)(=O)=O. The molecule has 6 rings (SSSR count). The fourth-order valence-electron chi connectivity index (χ4n) is 5.59. The monoisotopic (exact) mass is 615 g/mol. The Hall–Kier alpha value is -5.05. The van der Waals surface area contributed by atoms with Gasteiger partial charge in [0.2, 0.25) is 5.95 Å². The number of amides is 4. The number of nitrogens with one attached hydrogen (secondary N) is 1. The van der Waals surface area contributed by atoms with Crippen LogP contribution in [0.4, 0.5) is 10.7 Å². The highest BCUT2D eigenvalue weighted by Crippen LogP contribution is 2.36. The molecule has 0 saturated carbocycles. The first-order valence-corrected chi connectivity index (χ1v) is 15.6. The number of aryl methyl sites for hydroxylation is 1. The van der Waals surface area contributed by atoms with E-state index in [1.807, 2.05) is 17.0 Å². The molecule has 0 aromatic carbocycles. The van der Waals surface area contributed by atoms with Gasteiger partial charge in [0.15, 0.2) is 9.84 Å². The second-order valence-electron chi connectivity index (χ2n) is 11.0. The molecule has 1 N–H and O–H groups in total. The highest BCUT2D eigenvalue weighted by molar-refractivity contribution is 7.90. The van der Waals surface area contributed by atoms with Crippen molar-refractivity contribution in [3.8, 4) is 11.4 Å². The lowest BCUT2D eigenvalue weighted by Crippen LogP contribution is -2.50. The Balaban J connectivity index is 1.20. The van der Waals surface area contributed by atoms with Gasteiger partial charge in [-0.15, -0.1) is 0 Å². The molecular weight excluding hydrogens is 586 g/mol. The van der Waals surface area contributed by atoms with Gasteiger partial charge in [0.25, 0.3) is 11.8 Å². The van der Waals surface area contributed by atoms with Crippen molar-refractivity contribution in [1.29, 1.82) is 0 Å². The van der Waals surface area contributed by atoms with E-state index >= 15 is 0 Å². The third-order valence-electron chi connectivity index (χ3n) is 8.12. The summed E-state index contributed by atoms with van der Waals surface area (Å²) in [4.78, 5) is 65.0. The number of hydrogen-bond donors (Lipinski definition) is 1. The largest absolute Gasteiger partial charge is 0.346 e. The predicted molar refractivity (Wildman–Crippen MR) is 159 cm³/mol. The summed E-state index contributed by atoms with van der Waals surface area (Å²) in [7, 11) is -0.394. The summed E-state index contributed by atoms with van der Waals surface area (Å²) < 4.78 is 24.0. The Bertz CT molecular complexity index is 1970. The van der Waals surface area contributed by atoms with Crippen molar-refractivity contribution in [2.45, 2.75) is 30.3 Å². The van der Waals surface area contributed by atoms with Crippen molar-refractivity contribution in [2.75, 3.05) is 38.3 Å². The minimum atomic E-state index is -3.53. The van der Waals surface area contributed by atoms with Crippen LogP contribution in [0, 0.1) is 6.92 Å². The second-order valence-corrected chi connectivity index (χ2v) is 13.0. The van der Waals surface area contributed by atoms with Crippen molar-refractivity contribution in [1.82, 2.24) is 40.0 Å². The molecule has 2 fully saturated rings. The number of urea groups is 1. The lowest BCUT2D eigenvalue weighted by molar-refractivity contribution is -0.131. The lowest BCUT2D eigenvalue weighted by atomic mass is 9.97. The lowest BCUT2D eigenvalue weighted by Gasteiger charge is -2.28. The summed E-state index contributed by atoms with van der Waals surface area (Å²) in [6.07, 6.45) is 6.18. The molecule has 1 atom stereocenters. The van der Waals surface area contributed by atoms with Crippen molar-refractivity contribution in [2.24, 2.45) is 0 Å². The zero-order valence-corrected chi connectivity index (χ0v) is 25.3. The minimum Gasteiger partial charge on any atom is -0.346 e. The van der Waals surface area contributed by atoms with E-state index in [0.717, 1.165) is 16.5 Å². The first kappa shape index (κ1) is 29.0. The molecule has 0 bridgehead atoms. The smallest absolute Gasteiger partial charge is 0.327 e. The maximum absolute atomic E-state index is 12.9. The van der Waals surface area contributed by atoms with E-state index < -0.39 is 21.3 Å². The molecule has 2 aliphatic rings. The first-order chi connectivity index (χ1) is 20.9. The van der Waals surface area contributed by atoms with Crippen LogP contribution in [0.1, 0.15) is 28.2 Å². The third-order valence-corrected chi connectivity index (χ3v) is 9.33. The number of anilines is 1. The van der Waals surface area contributed by atoms with E-state index in [-0.39, 0.29) is 28.9 Å². The van der Waals surface area contributed by atoms with Crippen LogP contribution >= 0.6 is 0 Å². The van der Waals surface area contributed by atoms with Gasteiger partial charge in [-0.25, -0.2) is 28.2 Å². The van der Waals surface area contributed by atoms with Gasteiger partial charge < -0.3 is 15.1 Å². The number of rotatable bonds is 6. The molecule has 4 amide bonds. The number of pyridine rings is 3. The summed E-state index contributed by atoms with van der Waals surface area (Å²) in [6, 6.07) is 8.20. The number of likely N-dealkylation sites (N-methyl/N-ethyl adjacent to an activating group) is 2. The quantitative estimate of drug-likeness (QED) is 0.312. The number of imide groups is 1. The van der Waals surface area contributed by atoms with Crippen LogP contribution in [-0.4, -0.2) is 100.0 Å². The van der Waals surface area contributed by atoms with Gasteiger partial charge in [0, 0.05) is 50.9 Å². The number of sulfone groups is 1. The number of aromatic nitrogens is 5. The van der Waals surface area contributed by atoms with Crippen LogP contribution in [0.15, 0.2) is 53.8 Å². The van der Waals surface area contributed by atoms with Gasteiger partial charge in [-0.1, -0.05) is 0 Å². The molecule has 14 nitrogen and oxygen atoms in total. The topological polar surface area (TPSA) is 172 Å². The van der Waals surface area contributed by atoms with Crippen LogP contribution in [-0.2, 0) is 21.2 Å². The summed E-state index contributed by atoms with van der Waals surface area (Å²) in [6.45, 7) is 2.46. The zero-order valence-electron chi connectivity index (χ0n) is 24.5.